The molecule has 0 aromatic carbocycles. The lowest BCUT2D eigenvalue weighted by Gasteiger charge is -2.32. The van der Waals surface area contributed by atoms with Gasteiger partial charge in [-0.3, -0.25) is 4.79 Å². The Bertz CT molecular complexity index is 884. The van der Waals surface area contributed by atoms with Crippen LogP contribution in [0.15, 0.2) is 0 Å². The normalized spacial score (nSPS) is 15.0. The van der Waals surface area contributed by atoms with E-state index in [2.05, 4.69) is 20.2 Å². The minimum absolute atomic E-state index is 0.0936. The van der Waals surface area contributed by atoms with Crippen molar-refractivity contribution in [2.75, 3.05) is 24.6 Å². The molecule has 1 amide bonds. The number of anilines is 1. The predicted octanol–water partition coefficient (Wildman–Crippen LogP) is 3.63. The van der Waals surface area contributed by atoms with Crippen molar-refractivity contribution in [3.05, 3.63) is 32.5 Å². The first-order chi connectivity index (χ1) is 13.3. The number of nitrogens with zero attached hydrogens (tertiary/aromatic N) is 2. The third-order valence-electron chi connectivity index (χ3n) is 4.92. The van der Waals surface area contributed by atoms with Crippen LogP contribution in [-0.2, 0) is 4.74 Å². The van der Waals surface area contributed by atoms with Crippen LogP contribution in [0.5, 0.6) is 0 Å². The van der Waals surface area contributed by atoms with Gasteiger partial charge < -0.3 is 19.9 Å². The first-order valence-corrected chi connectivity index (χ1v) is 10.6. The molecule has 9 heteroatoms. The van der Waals surface area contributed by atoms with E-state index in [1.807, 2.05) is 20.8 Å². The van der Waals surface area contributed by atoms with Crippen molar-refractivity contribution in [2.24, 2.45) is 0 Å². The van der Waals surface area contributed by atoms with Crippen molar-refractivity contribution in [3.8, 4) is 0 Å². The fourth-order valence-corrected chi connectivity index (χ4v) is 4.48. The third kappa shape index (κ3) is 4.17. The smallest absolute Gasteiger partial charge is 0.350 e. The van der Waals surface area contributed by atoms with E-state index in [4.69, 9.17) is 16.3 Å². The molecule has 1 aliphatic heterocycles. The lowest BCUT2D eigenvalue weighted by atomic mass is 10.1. The highest BCUT2D eigenvalue weighted by molar-refractivity contribution is 7.17. The average Bonchev–Trinajstić information content (AvgIpc) is 3.18. The van der Waals surface area contributed by atoms with E-state index < -0.39 is 0 Å². The first kappa shape index (κ1) is 20.7. The first-order valence-electron chi connectivity index (χ1n) is 9.36. The zero-order chi connectivity index (χ0) is 20.4. The van der Waals surface area contributed by atoms with Crippen molar-refractivity contribution in [1.29, 1.82) is 0 Å². The Kier molecular flexibility index (Phi) is 6.30. The molecule has 152 valence electrons. The van der Waals surface area contributed by atoms with Crippen LogP contribution >= 0.6 is 22.9 Å². The van der Waals surface area contributed by atoms with Crippen molar-refractivity contribution >= 4 is 39.9 Å². The van der Waals surface area contributed by atoms with Crippen LogP contribution in [0.4, 0.5) is 5.13 Å². The molecule has 3 heterocycles. The second-order valence-electron chi connectivity index (χ2n) is 6.93. The zero-order valence-electron chi connectivity index (χ0n) is 16.5. The molecule has 0 spiro atoms. The van der Waals surface area contributed by atoms with Gasteiger partial charge in [0, 0.05) is 24.8 Å². The van der Waals surface area contributed by atoms with Gasteiger partial charge >= 0.3 is 5.97 Å². The maximum atomic E-state index is 12.6. The Labute approximate surface area is 173 Å². The molecule has 1 fully saturated rings. The Morgan fingerprint density at radius 1 is 1.32 bits per heavy atom. The summed E-state index contributed by atoms with van der Waals surface area (Å²) < 4.78 is 5.09. The minimum atomic E-state index is -0.318. The van der Waals surface area contributed by atoms with E-state index in [1.54, 1.807) is 6.92 Å². The maximum Gasteiger partial charge on any atom is 0.350 e. The highest BCUT2D eigenvalue weighted by Gasteiger charge is 2.26. The van der Waals surface area contributed by atoms with Crippen molar-refractivity contribution < 1.29 is 14.3 Å². The topological polar surface area (TPSA) is 87.3 Å². The lowest BCUT2D eigenvalue weighted by molar-refractivity contribution is 0.0531. The number of aromatic amines is 1. The van der Waals surface area contributed by atoms with E-state index in [0.29, 0.717) is 27.9 Å². The largest absolute Gasteiger partial charge is 0.462 e. The standard InChI is InChI=1S/C19H25ClN4O3S/c1-5-27-18(26)16-12(4)22-19(28-16)24-8-6-13(7-9-24)23-17(25)15-10(2)14(20)11(3)21-15/h13,21H,5-9H2,1-4H3,(H,23,25). The summed E-state index contributed by atoms with van der Waals surface area (Å²) in [6, 6.07) is 0.0936. The van der Waals surface area contributed by atoms with Crippen LogP contribution < -0.4 is 10.2 Å². The molecule has 0 radical (unpaired) electrons. The highest BCUT2D eigenvalue weighted by Crippen LogP contribution is 2.29. The predicted molar refractivity (Wildman–Crippen MR) is 111 cm³/mol. The van der Waals surface area contributed by atoms with Crippen LogP contribution in [0.2, 0.25) is 5.02 Å². The number of nitrogens with one attached hydrogen (secondary N) is 2. The molecular weight excluding hydrogens is 400 g/mol. The summed E-state index contributed by atoms with van der Waals surface area (Å²) in [5.41, 5.74) is 2.80. The molecule has 2 N–H and O–H groups in total. The second-order valence-corrected chi connectivity index (χ2v) is 8.29. The van der Waals surface area contributed by atoms with Gasteiger partial charge in [-0.1, -0.05) is 22.9 Å². The summed E-state index contributed by atoms with van der Waals surface area (Å²) in [5.74, 6) is -0.443. The van der Waals surface area contributed by atoms with Gasteiger partial charge in [0.25, 0.3) is 5.91 Å². The number of hydrogen-bond donors (Lipinski definition) is 2. The summed E-state index contributed by atoms with van der Waals surface area (Å²) in [6.45, 7) is 9.19. The fourth-order valence-electron chi connectivity index (χ4n) is 3.33. The summed E-state index contributed by atoms with van der Waals surface area (Å²) in [7, 11) is 0. The van der Waals surface area contributed by atoms with Gasteiger partial charge in [0.2, 0.25) is 0 Å². The van der Waals surface area contributed by atoms with E-state index in [-0.39, 0.29) is 17.9 Å². The Hall–Kier alpha value is -2.06. The molecule has 0 saturated carbocycles. The summed E-state index contributed by atoms with van der Waals surface area (Å²) in [4.78, 5) is 34.9. The number of aromatic nitrogens is 2. The quantitative estimate of drug-likeness (QED) is 0.715. The van der Waals surface area contributed by atoms with Gasteiger partial charge in [0.1, 0.15) is 10.6 Å². The molecule has 2 aromatic rings. The number of thiazole rings is 1. The highest BCUT2D eigenvalue weighted by atomic mass is 35.5. The number of aryl methyl sites for hydroxylation is 2. The molecule has 1 saturated heterocycles. The summed E-state index contributed by atoms with van der Waals surface area (Å²) in [6.07, 6.45) is 1.62. The maximum absolute atomic E-state index is 12.6. The average molecular weight is 425 g/mol. The van der Waals surface area contributed by atoms with Crippen molar-refractivity contribution in [3.63, 3.8) is 0 Å². The van der Waals surface area contributed by atoms with E-state index >= 15 is 0 Å². The van der Waals surface area contributed by atoms with Gasteiger partial charge in [0.05, 0.1) is 17.3 Å². The van der Waals surface area contributed by atoms with Gasteiger partial charge in [-0.15, -0.1) is 0 Å². The Balaban J connectivity index is 1.59. The Morgan fingerprint density at radius 3 is 2.57 bits per heavy atom. The SMILES string of the molecule is CCOC(=O)c1sc(N2CCC(NC(=O)c3[nH]c(C)c(Cl)c3C)CC2)nc1C. The molecule has 3 rings (SSSR count). The molecule has 2 aromatic heterocycles. The number of amides is 1. The third-order valence-corrected chi connectivity index (χ3v) is 6.69. The van der Waals surface area contributed by atoms with Crippen molar-refractivity contribution in [2.45, 2.75) is 46.6 Å². The van der Waals surface area contributed by atoms with E-state index in [1.165, 1.54) is 11.3 Å². The van der Waals surface area contributed by atoms with Crippen LogP contribution in [-0.4, -0.2) is 47.6 Å². The van der Waals surface area contributed by atoms with Gasteiger partial charge in [-0.2, -0.15) is 0 Å². The number of carbonyl (C=O) groups excluding carboxylic acids is 2. The minimum Gasteiger partial charge on any atom is -0.462 e. The molecule has 0 aliphatic carbocycles. The number of rotatable bonds is 5. The second kappa shape index (κ2) is 8.53. The van der Waals surface area contributed by atoms with Crippen LogP contribution in [0, 0.1) is 20.8 Å². The summed E-state index contributed by atoms with van der Waals surface area (Å²) in [5, 5.41) is 4.53. The van der Waals surface area contributed by atoms with Crippen molar-refractivity contribution in [1.82, 2.24) is 15.3 Å². The summed E-state index contributed by atoms with van der Waals surface area (Å²) >= 11 is 7.54. The van der Waals surface area contributed by atoms with E-state index in [0.717, 1.165) is 42.3 Å². The fraction of sp³-hybridized carbons (Fsp3) is 0.526. The zero-order valence-corrected chi connectivity index (χ0v) is 18.1. The van der Waals surface area contributed by atoms with Gasteiger partial charge in [-0.05, 0) is 46.1 Å². The number of hydrogen-bond acceptors (Lipinski definition) is 6. The van der Waals surface area contributed by atoms with E-state index in [9.17, 15) is 9.59 Å². The number of ether oxygens (including phenoxy) is 1. The monoisotopic (exact) mass is 424 g/mol. The molecule has 28 heavy (non-hydrogen) atoms. The molecule has 1 aliphatic rings. The van der Waals surface area contributed by atoms with Crippen LogP contribution in [0.25, 0.3) is 0 Å². The van der Waals surface area contributed by atoms with Crippen LogP contribution in [0.3, 0.4) is 0 Å². The molecular formula is C19H25ClN4O3S. The number of H-pyrrole nitrogens is 1. The molecule has 0 atom stereocenters. The van der Waals surface area contributed by atoms with Gasteiger partial charge in [0.15, 0.2) is 5.13 Å². The molecule has 7 nitrogen and oxygen atoms in total. The number of carbonyl (C=O) groups is 2. The lowest BCUT2D eigenvalue weighted by Crippen LogP contribution is -2.45. The Morgan fingerprint density at radius 2 is 2.00 bits per heavy atom. The number of halogens is 1. The van der Waals surface area contributed by atoms with Gasteiger partial charge in [-0.25, -0.2) is 9.78 Å². The molecule has 0 bridgehead atoms. The van der Waals surface area contributed by atoms with Crippen LogP contribution in [0.1, 0.15) is 56.9 Å². The number of esters is 1. The number of piperidine rings is 1. The molecule has 0 unspecified atom stereocenters.